The quantitative estimate of drug-likeness (QED) is 0.869. The highest BCUT2D eigenvalue weighted by Crippen LogP contribution is 2.24. The summed E-state index contributed by atoms with van der Waals surface area (Å²) in [6, 6.07) is 4.56. The highest BCUT2D eigenvalue weighted by Gasteiger charge is 2.21. The van der Waals surface area contributed by atoms with Crippen LogP contribution >= 0.6 is 11.6 Å². The van der Waals surface area contributed by atoms with Crippen LogP contribution in [0.1, 0.15) is 24.8 Å². The molecule has 1 aliphatic carbocycles. The molecule has 0 heterocycles. The van der Waals surface area contributed by atoms with Gasteiger partial charge in [-0.15, -0.1) is 0 Å². The van der Waals surface area contributed by atoms with E-state index in [2.05, 4.69) is 5.32 Å². The third-order valence-electron chi connectivity index (χ3n) is 3.20. The van der Waals surface area contributed by atoms with Crippen LogP contribution in [-0.2, 0) is 6.54 Å². The predicted molar refractivity (Wildman–Crippen MR) is 66.5 cm³/mol. The lowest BCUT2D eigenvalue weighted by atomic mass is 10.1. The summed E-state index contributed by atoms with van der Waals surface area (Å²) in [5.74, 6) is 0.236. The Morgan fingerprint density at radius 1 is 1.35 bits per heavy atom. The van der Waals surface area contributed by atoms with Gasteiger partial charge >= 0.3 is 0 Å². The van der Waals surface area contributed by atoms with Crippen LogP contribution in [0.4, 0.5) is 4.39 Å². The lowest BCUT2D eigenvalue weighted by Crippen LogP contribution is -2.21. The zero-order chi connectivity index (χ0) is 12.3. The van der Waals surface area contributed by atoms with Gasteiger partial charge in [-0.3, -0.25) is 0 Å². The van der Waals surface area contributed by atoms with Crippen molar-refractivity contribution in [2.45, 2.75) is 31.9 Å². The molecule has 4 heteroatoms. The van der Waals surface area contributed by atoms with Crippen molar-refractivity contribution in [1.29, 1.82) is 0 Å². The maximum absolute atomic E-state index is 13.1. The summed E-state index contributed by atoms with van der Waals surface area (Å²) < 4.78 is 13.1. The molecule has 0 saturated heterocycles. The number of rotatable bonds is 4. The fourth-order valence-corrected chi connectivity index (χ4v) is 2.61. The Morgan fingerprint density at radius 2 is 2.18 bits per heavy atom. The first kappa shape index (κ1) is 12.8. The van der Waals surface area contributed by atoms with Crippen molar-refractivity contribution in [3.05, 3.63) is 34.6 Å². The summed E-state index contributed by atoms with van der Waals surface area (Å²) >= 11 is 5.77. The Balaban J connectivity index is 1.78. The maximum Gasteiger partial charge on any atom is 0.125 e. The molecule has 2 unspecified atom stereocenters. The van der Waals surface area contributed by atoms with Crippen molar-refractivity contribution >= 4 is 11.6 Å². The Morgan fingerprint density at radius 3 is 2.82 bits per heavy atom. The molecule has 0 spiro atoms. The van der Waals surface area contributed by atoms with Crippen LogP contribution in [0.25, 0.3) is 0 Å². The Bertz CT molecular complexity index is 365. The molecule has 94 valence electrons. The van der Waals surface area contributed by atoms with Crippen LogP contribution in [0, 0.1) is 11.7 Å². The SMILES string of the molecule is OC1CCC(CNCc2cc(F)cc(Cl)c2)C1. The van der Waals surface area contributed by atoms with Crippen LogP contribution in [-0.4, -0.2) is 17.8 Å². The van der Waals surface area contributed by atoms with E-state index in [0.717, 1.165) is 31.4 Å². The minimum Gasteiger partial charge on any atom is -0.393 e. The van der Waals surface area contributed by atoms with E-state index in [9.17, 15) is 9.50 Å². The van der Waals surface area contributed by atoms with Gasteiger partial charge in [-0.1, -0.05) is 11.6 Å². The first-order valence-electron chi connectivity index (χ1n) is 5.97. The normalized spacial score (nSPS) is 24.2. The zero-order valence-electron chi connectivity index (χ0n) is 9.63. The molecule has 2 rings (SSSR count). The van der Waals surface area contributed by atoms with E-state index >= 15 is 0 Å². The van der Waals surface area contributed by atoms with E-state index in [4.69, 9.17) is 11.6 Å². The fourth-order valence-electron chi connectivity index (χ4n) is 2.37. The summed E-state index contributed by atoms with van der Waals surface area (Å²) in [4.78, 5) is 0. The summed E-state index contributed by atoms with van der Waals surface area (Å²) in [5.41, 5.74) is 0.855. The molecule has 0 amide bonds. The Kier molecular flexibility index (Phi) is 4.37. The van der Waals surface area contributed by atoms with Crippen LogP contribution in [0.2, 0.25) is 5.02 Å². The number of benzene rings is 1. The average Bonchev–Trinajstić information content (AvgIpc) is 2.63. The number of hydrogen-bond donors (Lipinski definition) is 2. The van der Waals surface area contributed by atoms with Gasteiger partial charge in [-0.25, -0.2) is 4.39 Å². The molecular weight excluding hydrogens is 241 g/mol. The summed E-state index contributed by atoms with van der Waals surface area (Å²) in [5, 5.41) is 13.1. The standard InChI is InChI=1S/C13H17ClFNO/c14-11-3-10(4-12(15)6-11)8-16-7-9-1-2-13(17)5-9/h3-4,6,9,13,16-17H,1-2,5,7-8H2. The second kappa shape index (κ2) is 5.80. The van der Waals surface area contributed by atoms with Gasteiger partial charge in [0.25, 0.3) is 0 Å². The molecule has 1 aromatic carbocycles. The van der Waals surface area contributed by atoms with Crippen molar-refractivity contribution in [3.8, 4) is 0 Å². The lowest BCUT2D eigenvalue weighted by Gasteiger charge is -2.11. The second-order valence-electron chi connectivity index (χ2n) is 4.74. The molecule has 0 bridgehead atoms. The Labute approximate surface area is 106 Å². The molecule has 2 nitrogen and oxygen atoms in total. The average molecular weight is 258 g/mol. The van der Waals surface area contributed by atoms with Crippen LogP contribution in [0.3, 0.4) is 0 Å². The molecule has 17 heavy (non-hydrogen) atoms. The van der Waals surface area contributed by atoms with Gasteiger partial charge in [0.2, 0.25) is 0 Å². The monoisotopic (exact) mass is 257 g/mol. The number of aliphatic hydroxyl groups is 1. The molecule has 1 aliphatic rings. The molecule has 0 radical (unpaired) electrons. The lowest BCUT2D eigenvalue weighted by molar-refractivity contribution is 0.177. The van der Waals surface area contributed by atoms with Crippen LogP contribution < -0.4 is 5.32 Å². The second-order valence-corrected chi connectivity index (χ2v) is 5.18. The Hall–Kier alpha value is -0.640. The molecule has 0 aromatic heterocycles. The van der Waals surface area contributed by atoms with Crippen LogP contribution in [0.5, 0.6) is 0 Å². The van der Waals surface area contributed by atoms with Crippen molar-refractivity contribution < 1.29 is 9.50 Å². The molecule has 2 atom stereocenters. The summed E-state index contributed by atoms with van der Waals surface area (Å²) in [6.07, 6.45) is 2.71. The van der Waals surface area contributed by atoms with Gasteiger partial charge < -0.3 is 10.4 Å². The van der Waals surface area contributed by atoms with Gasteiger partial charge in [0.1, 0.15) is 5.82 Å². The number of aliphatic hydroxyl groups excluding tert-OH is 1. The molecule has 1 saturated carbocycles. The third kappa shape index (κ3) is 3.95. The number of nitrogens with one attached hydrogen (secondary N) is 1. The van der Waals surface area contributed by atoms with E-state index in [-0.39, 0.29) is 11.9 Å². The van der Waals surface area contributed by atoms with Gasteiger partial charge in [-0.2, -0.15) is 0 Å². The topological polar surface area (TPSA) is 32.3 Å². The maximum atomic E-state index is 13.1. The van der Waals surface area contributed by atoms with Gasteiger partial charge in [0.15, 0.2) is 0 Å². The summed E-state index contributed by atoms with van der Waals surface area (Å²) in [7, 11) is 0. The van der Waals surface area contributed by atoms with Crippen molar-refractivity contribution in [1.82, 2.24) is 5.32 Å². The molecule has 2 N–H and O–H groups in total. The fraction of sp³-hybridized carbons (Fsp3) is 0.538. The van der Waals surface area contributed by atoms with Crippen molar-refractivity contribution in [2.24, 2.45) is 5.92 Å². The smallest absolute Gasteiger partial charge is 0.125 e. The van der Waals surface area contributed by atoms with E-state index in [1.165, 1.54) is 12.1 Å². The van der Waals surface area contributed by atoms with E-state index in [1.54, 1.807) is 6.07 Å². The predicted octanol–water partition coefficient (Wildman–Crippen LogP) is 2.73. The van der Waals surface area contributed by atoms with Gasteiger partial charge in [0, 0.05) is 11.6 Å². The molecule has 0 aliphatic heterocycles. The van der Waals surface area contributed by atoms with Gasteiger partial charge in [0.05, 0.1) is 6.10 Å². The van der Waals surface area contributed by atoms with Crippen LogP contribution in [0.15, 0.2) is 18.2 Å². The highest BCUT2D eigenvalue weighted by molar-refractivity contribution is 6.30. The largest absolute Gasteiger partial charge is 0.393 e. The molecular formula is C13H17ClFNO. The van der Waals surface area contributed by atoms with E-state index in [0.29, 0.717) is 17.5 Å². The van der Waals surface area contributed by atoms with Crippen molar-refractivity contribution in [2.75, 3.05) is 6.54 Å². The first-order valence-corrected chi connectivity index (χ1v) is 6.35. The number of halogens is 2. The van der Waals surface area contributed by atoms with Gasteiger partial charge in [-0.05, 0) is 55.5 Å². The van der Waals surface area contributed by atoms with E-state index < -0.39 is 0 Å². The number of hydrogen-bond acceptors (Lipinski definition) is 2. The minimum atomic E-state index is -0.300. The van der Waals surface area contributed by atoms with E-state index in [1.807, 2.05) is 0 Å². The van der Waals surface area contributed by atoms with Crippen molar-refractivity contribution in [3.63, 3.8) is 0 Å². The summed E-state index contributed by atoms with van der Waals surface area (Å²) in [6.45, 7) is 1.48. The zero-order valence-corrected chi connectivity index (χ0v) is 10.4. The highest BCUT2D eigenvalue weighted by atomic mass is 35.5. The molecule has 1 fully saturated rings. The molecule has 1 aromatic rings. The first-order chi connectivity index (χ1) is 8.13. The third-order valence-corrected chi connectivity index (χ3v) is 3.42. The minimum absolute atomic E-state index is 0.134.